The van der Waals surface area contributed by atoms with Gasteiger partial charge in [0.25, 0.3) is 0 Å². The molecule has 3 heterocycles. The fourth-order valence-electron chi connectivity index (χ4n) is 5.44. The lowest BCUT2D eigenvalue weighted by Crippen LogP contribution is -2.40. The molecule has 0 aliphatic carbocycles. The Bertz CT molecular complexity index is 844. The largest absolute Gasteiger partial charge is 0.390 e. The lowest BCUT2D eigenvalue weighted by atomic mass is 9.85. The monoisotopic (exact) mass is 480 g/mol. The molecule has 0 bridgehead atoms. The van der Waals surface area contributed by atoms with Crippen molar-refractivity contribution in [3.63, 3.8) is 0 Å². The zero-order chi connectivity index (χ0) is 22.0. The number of nitrogens with zero attached hydrogens (tertiary/aromatic N) is 2. The highest BCUT2D eigenvalue weighted by Gasteiger charge is 2.36. The van der Waals surface area contributed by atoms with Gasteiger partial charge in [0.2, 0.25) is 0 Å². The molecule has 1 aromatic carbocycles. The van der Waals surface area contributed by atoms with Crippen LogP contribution in [-0.4, -0.2) is 53.2 Å². The van der Waals surface area contributed by atoms with Crippen molar-refractivity contribution in [3.05, 3.63) is 56.2 Å². The summed E-state index contributed by atoms with van der Waals surface area (Å²) in [6.45, 7) is 10.4. The molecule has 0 radical (unpaired) electrons. The first-order valence-corrected chi connectivity index (χ1v) is 13.1. The van der Waals surface area contributed by atoms with Gasteiger partial charge in [-0.05, 0) is 98.1 Å². The van der Waals surface area contributed by atoms with Crippen LogP contribution < -0.4 is 0 Å². The van der Waals surface area contributed by atoms with Crippen LogP contribution in [0, 0.1) is 11.8 Å². The zero-order valence-corrected chi connectivity index (χ0v) is 20.9. The van der Waals surface area contributed by atoms with Crippen LogP contribution in [0.3, 0.4) is 0 Å². The molecule has 2 aliphatic rings. The molecule has 0 saturated carbocycles. The highest BCUT2D eigenvalue weighted by Crippen LogP contribution is 2.37. The van der Waals surface area contributed by atoms with Crippen LogP contribution >= 0.6 is 34.5 Å². The molecule has 0 spiro atoms. The molecule has 6 heteroatoms. The fraction of sp³-hybridized carbons (Fsp3) is 0.600. The molecule has 1 aromatic heterocycles. The van der Waals surface area contributed by atoms with Crippen molar-refractivity contribution in [1.82, 2.24) is 9.80 Å². The van der Waals surface area contributed by atoms with E-state index in [0.717, 1.165) is 56.3 Å². The fourth-order valence-corrected chi connectivity index (χ4v) is 6.63. The molecule has 2 fully saturated rings. The van der Waals surface area contributed by atoms with Crippen molar-refractivity contribution in [1.29, 1.82) is 0 Å². The topological polar surface area (TPSA) is 26.7 Å². The molecule has 2 saturated heterocycles. The minimum atomic E-state index is -0.550. The van der Waals surface area contributed by atoms with E-state index in [1.807, 2.05) is 26.0 Å². The van der Waals surface area contributed by atoms with Crippen molar-refractivity contribution in [3.8, 4) is 0 Å². The van der Waals surface area contributed by atoms with Gasteiger partial charge in [0.1, 0.15) is 0 Å². The van der Waals surface area contributed by atoms with Gasteiger partial charge in [-0.2, -0.15) is 11.3 Å². The van der Waals surface area contributed by atoms with Crippen LogP contribution in [0.15, 0.2) is 35.0 Å². The van der Waals surface area contributed by atoms with Gasteiger partial charge in [-0.1, -0.05) is 29.3 Å². The summed E-state index contributed by atoms with van der Waals surface area (Å²) >= 11 is 14.3. The maximum absolute atomic E-state index is 10.2. The van der Waals surface area contributed by atoms with E-state index in [1.54, 1.807) is 11.3 Å². The Labute approximate surface area is 201 Å². The van der Waals surface area contributed by atoms with Crippen molar-refractivity contribution in [2.45, 2.75) is 51.2 Å². The Morgan fingerprint density at radius 3 is 2.52 bits per heavy atom. The standard InChI is InChI=1S/C25H34Cl2N2OS/c1-25(2,30)12-18-5-8-28(9-6-18)14-21-15-29(16-23(21)20-7-10-31-17-20)13-19-3-4-22(26)11-24(19)27/h3-4,7,10-11,17-18,21,23,30H,5-6,8-9,12-16H2,1-2H3/t21?,23-/m1/s1. The molecular formula is C25H34Cl2N2OS. The van der Waals surface area contributed by atoms with E-state index < -0.39 is 5.60 Å². The van der Waals surface area contributed by atoms with Gasteiger partial charge in [-0.3, -0.25) is 4.90 Å². The van der Waals surface area contributed by atoms with E-state index in [4.69, 9.17) is 23.2 Å². The van der Waals surface area contributed by atoms with Crippen molar-refractivity contribution >= 4 is 34.5 Å². The molecule has 0 amide bonds. The van der Waals surface area contributed by atoms with Gasteiger partial charge in [0.05, 0.1) is 5.60 Å². The first kappa shape index (κ1) is 23.5. The Hall–Kier alpha value is -0.620. The minimum Gasteiger partial charge on any atom is -0.390 e. The average Bonchev–Trinajstić information content (AvgIpc) is 3.34. The Morgan fingerprint density at radius 2 is 1.87 bits per heavy atom. The SMILES string of the molecule is CC(C)(O)CC1CCN(CC2CN(Cc3ccc(Cl)cc3Cl)C[C@@H]2c2ccsc2)CC1. The van der Waals surface area contributed by atoms with Crippen molar-refractivity contribution in [2.24, 2.45) is 11.8 Å². The summed E-state index contributed by atoms with van der Waals surface area (Å²) in [5, 5.41) is 16.1. The molecule has 2 atom stereocenters. The summed E-state index contributed by atoms with van der Waals surface area (Å²) in [4.78, 5) is 5.22. The lowest BCUT2D eigenvalue weighted by Gasteiger charge is -2.36. The smallest absolute Gasteiger partial charge is 0.0594 e. The lowest BCUT2D eigenvalue weighted by molar-refractivity contribution is 0.0359. The molecule has 3 nitrogen and oxygen atoms in total. The number of benzene rings is 1. The molecule has 2 aromatic rings. The second kappa shape index (κ2) is 10.1. The summed E-state index contributed by atoms with van der Waals surface area (Å²) in [5.41, 5.74) is 2.09. The third-order valence-corrected chi connectivity index (χ3v) is 8.17. The third-order valence-electron chi connectivity index (χ3n) is 6.89. The van der Waals surface area contributed by atoms with Crippen LogP contribution in [0.2, 0.25) is 10.0 Å². The molecule has 4 rings (SSSR count). The predicted molar refractivity (Wildman–Crippen MR) is 132 cm³/mol. The molecular weight excluding hydrogens is 447 g/mol. The molecule has 31 heavy (non-hydrogen) atoms. The molecule has 2 aliphatic heterocycles. The van der Waals surface area contributed by atoms with Gasteiger partial charge in [-0.15, -0.1) is 0 Å². The first-order chi connectivity index (χ1) is 14.8. The van der Waals surface area contributed by atoms with Gasteiger partial charge in [-0.25, -0.2) is 0 Å². The van der Waals surface area contributed by atoms with E-state index in [-0.39, 0.29) is 0 Å². The first-order valence-electron chi connectivity index (χ1n) is 11.4. The van der Waals surface area contributed by atoms with E-state index in [2.05, 4.69) is 32.7 Å². The number of halogens is 2. The quantitative estimate of drug-likeness (QED) is 0.514. The van der Waals surface area contributed by atoms with E-state index in [9.17, 15) is 5.11 Å². The van der Waals surface area contributed by atoms with E-state index in [1.165, 1.54) is 18.4 Å². The summed E-state index contributed by atoms with van der Waals surface area (Å²) in [7, 11) is 0. The molecule has 1 N–H and O–H groups in total. The van der Waals surface area contributed by atoms with Crippen LogP contribution in [0.1, 0.15) is 50.2 Å². The van der Waals surface area contributed by atoms with E-state index >= 15 is 0 Å². The molecule has 1 unspecified atom stereocenters. The third kappa shape index (κ3) is 6.46. The summed E-state index contributed by atoms with van der Waals surface area (Å²) in [6.07, 6.45) is 3.31. The number of hydrogen-bond acceptors (Lipinski definition) is 4. The summed E-state index contributed by atoms with van der Waals surface area (Å²) < 4.78 is 0. The maximum atomic E-state index is 10.2. The number of hydrogen-bond donors (Lipinski definition) is 1. The van der Waals surface area contributed by atoms with Crippen LogP contribution in [0.5, 0.6) is 0 Å². The minimum absolute atomic E-state index is 0.550. The number of likely N-dealkylation sites (tertiary alicyclic amines) is 2. The van der Waals surface area contributed by atoms with Gasteiger partial charge in [0, 0.05) is 42.1 Å². The number of aliphatic hydroxyl groups is 1. The van der Waals surface area contributed by atoms with Crippen molar-refractivity contribution < 1.29 is 5.11 Å². The predicted octanol–water partition coefficient (Wildman–Crippen LogP) is 6.14. The number of rotatable bonds is 7. The van der Waals surface area contributed by atoms with Gasteiger partial charge < -0.3 is 10.0 Å². The Kier molecular flexibility index (Phi) is 7.68. The van der Waals surface area contributed by atoms with E-state index in [0.29, 0.717) is 22.8 Å². The van der Waals surface area contributed by atoms with Crippen LogP contribution in [0.4, 0.5) is 0 Å². The second-order valence-corrected chi connectivity index (χ2v) is 11.7. The molecule has 170 valence electrons. The summed E-state index contributed by atoms with van der Waals surface area (Å²) in [6, 6.07) is 8.15. The normalized spacial score (nSPS) is 24.2. The Morgan fingerprint density at radius 1 is 1.10 bits per heavy atom. The highest BCUT2D eigenvalue weighted by molar-refractivity contribution is 7.08. The zero-order valence-electron chi connectivity index (χ0n) is 18.6. The second-order valence-electron chi connectivity index (χ2n) is 10.1. The average molecular weight is 482 g/mol. The van der Waals surface area contributed by atoms with Gasteiger partial charge >= 0.3 is 0 Å². The van der Waals surface area contributed by atoms with Crippen molar-refractivity contribution in [2.75, 3.05) is 32.7 Å². The number of thiophene rings is 1. The Balaban J connectivity index is 1.38. The van der Waals surface area contributed by atoms with Crippen LogP contribution in [0.25, 0.3) is 0 Å². The maximum Gasteiger partial charge on any atom is 0.0594 e. The summed E-state index contributed by atoms with van der Waals surface area (Å²) in [5.74, 6) is 1.86. The van der Waals surface area contributed by atoms with Gasteiger partial charge in [0.15, 0.2) is 0 Å². The highest BCUT2D eigenvalue weighted by atomic mass is 35.5. The van der Waals surface area contributed by atoms with Crippen LogP contribution in [-0.2, 0) is 6.54 Å². The number of piperidine rings is 1.